The van der Waals surface area contributed by atoms with Crippen LogP contribution < -0.4 is 37.6 Å². The fourth-order valence-corrected chi connectivity index (χ4v) is 9.33. The highest BCUT2D eigenvalue weighted by molar-refractivity contribution is 8.76. The summed E-state index contributed by atoms with van der Waals surface area (Å²) in [5.41, 5.74) is 7.54. The standard InChI is InChI=1S/C50H69N7O17S2/c1-2-75-76-29-33(47(68)69)26-40(59)38(27-44(64)65)55-46(67)34(51)28-53-45(66)32(23-30-13-7-5-8-14-30)25-39(58)37(24-31-15-9-6-10-16-31)54-42(61)17-11-3-4-12-22-52-41(60)20-18-35(48(70)71)56-50(74)57-36(49(72)73)19-21-43(62)63/h5-10,13-16,32-38H,2-4,11-12,17-29,51H2,1H3,(H,52,60)(H,53,66)(H,54,61)(H,55,67)(H,62,63)(H,64,65)(H,68,69)(H,70,71)(H,72,73)(H2,56,57,74)/t32-,33+,34+,35+,36+,37+,38+/m1/s1. The highest BCUT2D eigenvalue weighted by Gasteiger charge is 2.33. The first-order valence-electron chi connectivity index (χ1n) is 24.6. The van der Waals surface area contributed by atoms with E-state index >= 15 is 0 Å². The maximum Gasteiger partial charge on any atom is 0.326 e. The number of hydrogen-bond donors (Lipinski definition) is 12. The largest absolute Gasteiger partial charge is 0.481 e. The second-order valence-corrected chi connectivity index (χ2v) is 20.5. The minimum Gasteiger partial charge on any atom is -0.481 e. The summed E-state index contributed by atoms with van der Waals surface area (Å²) in [7, 11) is 2.64. The molecule has 0 saturated carbocycles. The number of unbranched alkanes of at least 4 members (excludes halogenated alkanes) is 3. The Bertz CT molecular complexity index is 2280. The van der Waals surface area contributed by atoms with Crippen LogP contribution in [0.1, 0.15) is 95.1 Å². The zero-order valence-corrected chi connectivity index (χ0v) is 43.7. The lowest BCUT2D eigenvalue weighted by molar-refractivity contribution is -0.144. The van der Waals surface area contributed by atoms with Gasteiger partial charge in [-0.05, 0) is 49.7 Å². The Labute approximate surface area is 447 Å². The first kappa shape index (κ1) is 65.1. The van der Waals surface area contributed by atoms with Gasteiger partial charge >= 0.3 is 35.9 Å². The minimum absolute atomic E-state index is 0.0407. The summed E-state index contributed by atoms with van der Waals surface area (Å²) in [6.45, 7) is 1.60. The molecule has 0 fully saturated rings. The Morgan fingerprint density at radius 3 is 1.62 bits per heavy atom. The summed E-state index contributed by atoms with van der Waals surface area (Å²) in [4.78, 5) is 150. The van der Waals surface area contributed by atoms with Gasteiger partial charge in [-0.1, -0.05) is 102 Å². The third kappa shape index (κ3) is 27.5. The molecule has 2 aromatic carbocycles. The van der Waals surface area contributed by atoms with E-state index in [1.54, 1.807) is 60.7 Å². The Balaban J connectivity index is 2.00. The van der Waals surface area contributed by atoms with E-state index in [2.05, 4.69) is 26.6 Å². The van der Waals surface area contributed by atoms with Crippen molar-refractivity contribution >= 4 is 92.7 Å². The molecular weight excluding hydrogens is 1030 g/mol. The van der Waals surface area contributed by atoms with E-state index in [0.717, 1.165) is 5.56 Å². The molecule has 0 aliphatic rings. The smallest absolute Gasteiger partial charge is 0.326 e. The number of Topliss-reactive ketones (excluding diaryl/α,β-unsaturated/α-hetero) is 2. The molecule has 24 nitrogen and oxygen atoms in total. The van der Waals surface area contributed by atoms with E-state index in [9.17, 15) is 78.0 Å². The predicted molar refractivity (Wildman–Crippen MR) is 279 cm³/mol. The number of aliphatic carboxylic acids is 5. The van der Waals surface area contributed by atoms with Crippen molar-refractivity contribution in [3.63, 3.8) is 0 Å². The molecule has 6 amide bonds. The molecule has 7 atom stereocenters. The molecular formula is C50H69N7O17S2. The lowest BCUT2D eigenvalue weighted by Crippen LogP contribution is -2.53. The molecule has 76 heavy (non-hydrogen) atoms. The van der Waals surface area contributed by atoms with Gasteiger partial charge in [-0.2, -0.15) is 0 Å². The number of urea groups is 1. The van der Waals surface area contributed by atoms with Crippen LogP contribution in [-0.2, 0) is 65.6 Å². The van der Waals surface area contributed by atoms with Gasteiger partial charge in [0.05, 0.1) is 24.4 Å². The number of benzene rings is 2. The number of amides is 6. The predicted octanol–water partition coefficient (Wildman–Crippen LogP) is 1.91. The van der Waals surface area contributed by atoms with Crippen molar-refractivity contribution in [2.24, 2.45) is 17.6 Å². The summed E-state index contributed by atoms with van der Waals surface area (Å²) in [5, 5.41) is 61.0. The first-order chi connectivity index (χ1) is 36.1. The van der Waals surface area contributed by atoms with Crippen LogP contribution in [0, 0.1) is 11.8 Å². The average Bonchev–Trinajstić information content (AvgIpc) is 3.36. The molecule has 2 rings (SSSR count). The van der Waals surface area contributed by atoms with Crippen LogP contribution in [0.15, 0.2) is 60.7 Å². The summed E-state index contributed by atoms with van der Waals surface area (Å²) in [6, 6.07) is 9.25. The lowest BCUT2D eigenvalue weighted by atomic mass is 9.89. The van der Waals surface area contributed by atoms with Crippen LogP contribution in [0.25, 0.3) is 0 Å². The molecule has 0 spiro atoms. The monoisotopic (exact) mass is 1100 g/mol. The maximum absolute atomic E-state index is 14.1. The van der Waals surface area contributed by atoms with E-state index in [1.807, 2.05) is 12.2 Å². The third-order valence-electron chi connectivity index (χ3n) is 11.5. The minimum atomic E-state index is -1.60. The number of hydrogen-bond acceptors (Lipinski definition) is 15. The lowest BCUT2D eigenvalue weighted by Gasteiger charge is -2.23. The molecule has 0 aliphatic heterocycles. The van der Waals surface area contributed by atoms with Gasteiger partial charge in [0.1, 0.15) is 18.1 Å². The molecule has 0 unspecified atom stereocenters. The van der Waals surface area contributed by atoms with Crippen molar-refractivity contribution in [3.05, 3.63) is 71.8 Å². The van der Waals surface area contributed by atoms with Gasteiger partial charge in [0.25, 0.3) is 0 Å². The summed E-state index contributed by atoms with van der Waals surface area (Å²) in [6.07, 6.45) is -1.07. The normalized spacial score (nSPS) is 13.7. The average molecular weight is 1100 g/mol. The Morgan fingerprint density at radius 1 is 0.513 bits per heavy atom. The Hall–Kier alpha value is -7.06. The molecule has 418 valence electrons. The first-order valence-corrected chi connectivity index (χ1v) is 27.0. The Morgan fingerprint density at radius 2 is 1.07 bits per heavy atom. The van der Waals surface area contributed by atoms with Crippen LogP contribution >= 0.6 is 21.6 Å². The van der Waals surface area contributed by atoms with Crippen LogP contribution in [0.4, 0.5) is 4.79 Å². The zero-order valence-electron chi connectivity index (χ0n) is 42.1. The SMILES string of the molecule is CCSSC[C@H](CC(=O)[C@H](CC(=O)O)NC(=O)[C@@H](N)CNC(=O)[C@@H](CC(=O)[C@H](Cc1ccccc1)NC(=O)CCCCCCNC(=O)CC[C@H](NC(=O)N[C@@H](CCC(=O)O)C(=O)O)C(=O)O)Cc1ccccc1)C(=O)O. The fourth-order valence-electron chi connectivity index (χ4n) is 7.36. The highest BCUT2D eigenvalue weighted by atomic mass is 33.1. The molecule has 0 radical (unpaired) electrons. The molecule has 0 aromatic heterocycles. The van der Waals surface area contributed by atoms with E-state index < -0.39 is 145 Å². The van der Waals surface area contributed by atoms with Gasteiger partial charge in [0, 0.05) is 62.6 Å². The van der Waals surface area contributed by atoms with Crippen LogP contribution in [0.3, 0.4) is 0 Å². The molecule has 0 aliphatic carbocycles. The molecule has 13 N–H and O–H groups in total. The van der Waals surface area contributed by atoms with E-state index in [4.69, 9.17) is 10.8 Å². The number of rotatable bonds is 40. The van der Waals surface area contributed by atoms with Gasteiger partial charge in [-0.15, -0.1) is 0 Å². The molecule has 0 bridgehead atoms. The summed E-state index contributed by atoms with van der Waals surface area (Å²) in [5.74, 6) is -12.2. The van der Waals surface area contributed by atoms with Crippen molar-refractivity contribution < 1.29 is 83.1 Å². The van der Waals surface area contributed by atoms with Crippen molar-refractivity contribution in [3.8, 4) is 0 Å². The topological polar surface area (TPSA) is 404 Å². The molecule has 0 saturated heterocycles. The second-order valence-electron chi connectivity index (χ2n) is 17.7. The van der Waals surface area contributed by atoms with Crippen molar-refractivity contribution in [1.82, 2.24) is 31.9 Å². The quantitative estimate of drug-likeness (QED) is 0.0335. The van der Waals surface area contributed by atoms with Gasteiger partial charge in [0.15, 0.2) is 11.6 Å². The van der Waals surface area contributed by atoms with E-state index in [-0.39, 0.29) is 50.8 Å². The number of ketones is 2. The van der Waals surface area contributed by atoms with Crippen molar-refractivity contribution in [2.75, 3.05) is 24.6 Å². The van der Waals surface area contributed by atoms with Gasteiger partial charge in [-0.25, -0.2) is 14.4 Å². The number of carboxylic acids is 5. The van der Waals surface area contributed by atoms with Crippen LogP contribution in [-0.4, -0.2) is 151 Å². The summed E-state index contributed by atoms with van der Waals surface area (Å²) < 4.78 is 0. The fraction of sp³-hybridized carbons (Fsp3) is 0.520. The van der Waals surface area contributed by atoms with Gasteiger partial charge < -0.3 is 63.2 Å². The number of carbonyl (C=O) groups is 12. The van der Waals surface area contributed by atoms with Crippen LogP contribution in [0.5, 0.6) is 0 Å². The number of nitrogens with one attached hydrogen (secondary N) is 6. The number of carboxylic acid groups (broad SMARTS) is 5. The van der Waals surface area contributed by atoms with Gasteiger partial charge in [0.2, 0.25) is 23.6 Å². The third-order valence-corrected chi connectivity index (χ3v) is 14.1. The number of carbonyl (C=O) groups excluding carboxylic acids is 7. The maximum atomic E-state index is 14.1. The van der Waals surface area contributed by atoms with E-state index in [1.165, 1.54) is 21.6 Å². The molecule has 26 heteroatoms. The Kier molecular flexibility index (Phi) is 30.8. The highest BCUT2D eigenvalue weighted by Crippen LogP contribution is 2.25. The number of nitrogens with two attached hydrogens (primary N) is 1. The van der Waals surface area contributed by atoms with E-state index in [0.29, 0.717) is 37.0 Å². The van der Waals surface area contributed by atoms with Crippen molar-refractivity contribution in [1.29, 1.82) is 0 Å². The second kappa shape index (κ2) is 36.0. The molecule has 2 aromatic rings. The summed E-state index contributed by atoms with van der Waals surface area (Å²) >= 11 is 0. The van der Waals surface area contributed by atoms with Crippen LogP contribution in [0.2, 0.25) is 0 Å². The molecule has 0 heterocycles. The van der Waals surface area contributed by atoms with Crippen molar-refractivity contribution in [2.45, 2.75) is 127 Å². The zero-order chi connectivity index (χ0) is 56.6. The van der Waals surface area contributed by atoms with Gasteiger partial charge in [-0.3, -0.25) is 43.2 Å².